The van der Waals surface area contributed by atoms with Gasteiger partial charge in [0.15, 0.2) is 0 Å². The van der Waals surface area contributed by atoms with E-state index < -0.39 is 0 Å². The lowest BCUT2D eigenvalue weighted by Gasteiger charge is -2.20. The van der Waals surface area contributed by atoms with Crippen LogP contribution >= 0.6 is 23.2 Å². The highest BCUT2D eigenvalue weighted by Crippen LogP contribution is 2.32. The molecule has 0 spiro atoms. The van der Waals surface area contributed by atoms with Gasteiger partial charge in [-0.2, -0.15) is 5.10 Å². The van der Waals surface area contributed by atoms with Gasteiger partial charge in [0.1, 0.15) is 0 Å². The number of nitrogens with one attached hydrogen (secondary N) is 1. The lowest BCUT2D eigenvalue weighted by Crippen LogP contribution is -2.23. The summed E-state index contributed by atoms with van der Waals surface area (Å²) in [6.45, 7) is 5.02. The first kappa shape index (κ1) is 15.4. The van der Waals surface area contributed by atoms with E-state index in [1.165, 1.54) is 0 Å². The summed E-state index contributed by atoms with van der Waals surface area (Å²) in [5, 5.41) is 9.39. The third-order valence-electron chi connectivity index (χ3n) is 3.26. The second kappa shape index (κ2) is 6.61. The molecule has 0 bridgehead atoms. The normalized spacial score (nSPS) is 12.7. The van der Waals surface area contributed by atoms with Gasteiger partial charge in [0.2, 0.25) is 0 Å². The molecule has 20 heavy (non-hydrogen) atoms. The standard InChI is InChI=1S/C15H19Cl2N3/c1-4-14-12(9-20(3)19-14)15(18-5-2)11-8-10(16)6-7-13(11)17/h6-9,15,18H,4-5H2,1-3H3. The number of hydrogen-bond donors (Lipinski definition) is 1. The minimum absolute atomic E-state index is 0.00912. The topological polar surface area (TPSA) is 29.9 Å². The third-order valence-corrected chi connectivity index (χ3v) is 3.84. The van der Waals surface area contributed by atoms with Crippen LogP contribution in [0.3, 0.4) is 0 Å². The molecule has 0 saturated carbocycles. The molecule has 0 radical (unpaired) electrons. The maximum Gasteiger partial charge on any atom is 0.0673 e. The summed E-state index contributed by atoms with van der Waals surface area (Å²) in [7, 11) is 1.94. The van der Waals surface area contributed by atoms with Crippen molar-refractivity contribution in [3.8, 4) is 0 Å². The minimum atomic E-state index is 0.00912. The molecule has 1 unspecified atom stereocenters. The molecule has 2 aromatic rings. The van der Waals surface area contributed by atoms with Gasteiger partial charge in [-0.15, -0.1) is 0 Å². The molecule has 108 valence electrons. The molecule has 0 aliphatic rings. The summed E-state index contributed by atoms with van der Waals surface area (Å²) in [6.07, 6.45) is 2.93. The van der Waals surface area contributed by atoms with Crippen LogP contribution in [0.25, 0.3) is 0 Å². The summed E-state index contributed by atoms with van der Waals surface area (Å²) in [6, 6.07) is 5.57. The monoisotopic (exact) mass is 311 g/mol. The van der Waals surface area contributed by atoms with Crippen molar-refractivity contribution in [1.29, 1.82) is 0 Å². The fourth-order valence-corrected chi connectivity index (χ4v) is 2.80. The van der Waals surface area contributed by atoms with Crippen LogP contribution in [0.4, 0.5) is 0 Å². The van der Waals surface area contributed by atoms with Crippen molar-refractivity contribution in [3.05, 3.63) is 51.3 Å². The Morgan fingerprint density at radius 2 is 2.00 bits per heavy atom. The van der Waals surface area contributed by atoms with Crippen molar-refractivity contribution in [1.82, 2.24) is 15.1 Å². The van der Waals surface area contributed by atoms with Crippen LogP contribution in [0.1, 0.15) is 36.7 Å². The second-order valence-electron chi connectivity index (χ2n) is 4.71. The van der Waals surface area contributed by atoms with Crippen LogP contribution in [-0.4, -0.2) is 16.3 Å². The van der Waals surface area contributed by atoms with E-state index in [1.54, 1.807) is 6.07 Å². The van der Waals surface area contributed by atoms with E-state index >= 15 is 0 Å². The largest absolute Gasteiger partial charge is 0.306 e. The Labute approximate surface area is 129 Å². The average molecular weight is 312 g/mol. The second-order valence-corrected chi connectivity index (χ2v) is 5.56. The molecular weight excluding hydrogens is 293 g/mol. The maximum atomic E-state index is 6.35. The van der Waals surface area contributed by atoms with Crippen LogP contribution in [0, 0.1) is 0 Å². The molecule has 5 heteroatoms. The first-order chi connectivity index (χ1) is 9.56. The number of halogens is 2. The third kappa shape index (κ3) is 3.17. The lowest BCUT2D eigenvalue weighted by atomic mass is 9.98. The molecular formula is C15H19Cl2N3. The predicted molar refractivity (Wildman–Crippen MR) is 84.6 cm³/mol. The number of benzene rings is 1. The molecule has 2 rings (SSSR count). The number of nitrogens with zero attached hydrogens (tertiary/aromatic N) is 2. The van der Waals surface area contributed by atoms with E-state index in [1.807, 2.05) is 30.1 Å². The van der Waals surface area contributed by atoms with E-state index in [4.69, 9.17) is 23.2 Å². The SMILES string of the molecule is CCNC(c1cc(Cl)ccc1Cl)c1cn(C)nc1CC. The van der Waals surface area contributed by atoms with Crippen molar-refractivity contribution < 1.29 is 0 Å². The first-order valence-electron chi connectivity index (χ1n) is 6.77. The molecule has 0 fully saturated rings. The van der Waals surface area contributed by atoms with Crippen molar-refractivity contribution in [2.75, 3.05) is 6.54 Å². The summed E-state index contributed by atoms with van der Waals surface area (Å²) < 4.78 is 1.84. The number of aromatic nitrogens is 2. The van der Waals surface area contributed by atoms with Gasteiger partial charge >= 0.3 is 0 Å². The van der Waals surface area contributed by atoms with Gasteiger partial charge in [0, 0.05) is 28.9 Å². The van der Waals surface area contributed by atoms with E-state index in [2.05, 4.69) is 24.3 Å². The summed E-state index contributed by atoms with van der Waals surface area (Å²) >= 11 is 12.5. The highest BCUT2D eigenvalue weighted by atomic mass is 35.5. The van der Waals surface area contributed by atoms with Crippen LogP contribution < -0.4 is 5.32 Å². The van der Waals surface area contributed by atoms with E-state index in [9.17, 15) is 0 Å². The van der Waals surface area contributed by atoms with Crippen LogP contribution in [-0.2, 0) is 13.5 Å². The van der Waals surface area contributed by atoms with Gasteiger partial charge in [-0.05, 0) is 36.7 Å². The van der Waals surface area contributed by atoms with Gasteiger partial charge in [0.25, 0.3) is 0 Å². The average Bonchev–Trinajstić information content (AvgIpc) is 2.80. The first-order valence-corrected chi connectivity index (χ1v) is 7.53. The quantitative estimate of drug-likeness (QED) is 0.905. The molecule has 0 amide bonds. The Balaban J connectivity index is 2.52. The Morgan fingerprint density at radius 1 is 1.25 bits per heavy atom. The van der Waals surface area contributed by atoms with Crippen LogP contribution in [0.5, 0.6) is 0 Å². The van der Waals surface area contributed by atoms with E-state index in [0.717, 1.165) is 29.8 Å². The van der Waals surface area contributed by atoms with Crippen molar-refractivity contribution in [2.24, 2.45) is 7.05 Å². The van der Waals surface area contributed by atoms with E-state index in [0.29, 0.717) is 10.0 Å². The van der Waals surface area contributed by atoms with Crippen molar-refractivity contribution in [2.45, 2.75) is 26.3 Å². The summed E-state index contributed by atoms with van der Waals surface area (Å²) in [4.78, 5) is 0. The maximum absolute atomic E-state index is 6.35. The zero-order valence-corrected chi connectivity index (χ0v) is 13.5. The van der Waals surface area contributed by atoms with Gasteiger partial charge in [-0.1, -0.05) is 37.0 Å². The fraction of sp³-hybridized carbons (Fsp3) is 0.400. The minimum Gasteiger partial charge on any atom is -0.306 e. The predicted octanol–water partition coefficient (Wildman–Crippen LogP) is 3.99. The molecule has 3 nitrogen and oxygen atoms in total. The van der Waals surface area contributed by atoms with Gasteiger partial charge in [-0.25, -0.2) is 0 Å². The highest BCUT2D eigenvalue weighted by Gasteiger charge is 2.21. The Hall–Kier alpha value is -1.03. The Morgan fingerprint density at radius 3 is 2.65 bits per heavy atom. The summed E-state index contributed by atoms with van der Waals surface area (Å²) in [5.41, 5.74) is 3.22. The van der Waals surface area contributed by atoms with E-state index in [-0.39, 0.29) is 6.04 Å². The smallest absolute Gasteiger partial charge is 0.0673 e. The number of aryl methyl sites for hydroxylation is 2. The zero-order chi connectivity index (χ0) is 14.7. The Kier molecular flexibility index (Phi) is 5.08. The summed E-state index contributed by atoms with van der Waals surface area (Å²) in [5.74, 6) is 0. The molecule has 0 saturated heterocycles. The van der Waals surface area contributed by atoms with Gasteiger partial charge < -0.3 is 5.32 Å². The van der Waals surface area contributed by atoms with Crippen molar-refractivity contribution in [3.63, 3.8) is 0 Å². The molecule has 1 atom stereocenters. The van der Waals surface area contributed by atoms with Crippen LogP contribution in [0.15, 0.2) is 24.4 Å². The fourth-order valence-electron chi connectivity index (χ4n) is 2.40. The molecule has 1 aromatic heterocycles. The van der Waals surface area contributed by atoms with Gasteiger partial charge in [0.05, 0.1) is 11.7 Å². The number of hydrogen-bond acceptors (Lipinski definition) is 2. The zero-order valence-electron chi connectivity index (χ0n) is 12.0. The van der Waals surface area contributed by atoms with Crippen molar-refractivity contribution >= 4 is 23.2 Å². The molecule has 1 N–H and O–H groups in total. The highest BCUT2D eigenvalue weighted by molar-refractivity contribution is 6.33. The van der Waals surface area contributed by atoms with Gasteiger partial charge in [-0.3, -0.25) is 4.68 Å². The molecule has 1 aromatic carbocycles. The molecule has 0 aliphatic heterocycles. The molecule has 0 aliphatic carbocycles. The Bertz CT molecular complexity index is 593. The molecule has 1 heterocycles. The number of rotatable bonds is 5. The van der Waals surface area contributed by atoms with Crippen LogP contribution in [0.2, 0.25) is 10.0 Å². The lowest BCUT2D eigenvalue weighted by molar-refractivity contribution is 0.625.